The summed E-state index contributed by atoms with van der Waals surface area (Å²) >= 11 is 0. The third-order valence-corrected chi connectivity index (χ3v) is 3.35. The SMILES string of the molecule is CCCCCCOc1c(C(=O)O)ccc2ccccc12. The molecule has 0 aliphatic carbocycles. The summed E-state index contributed by atoms with van der Waals surface area (Å²) < 4.78 is 5.78. The molecular formula is C17H20O3. The normalized spacial score (nSPS) is 10.7. The molecule has 3 nitrogen and oxygen atoms in total. The number of hydrogen-bond donors (Lipinski definition) is 1. The maximum Gasteiger partial charge on any atom is 0.339 e. The summed E-state index contributed by atoms with van der Waals surface area (Å²) in [6, 6.07) is 11.1. The highest BCUT2D eigenvalue weighted by Gasteiger charge is 2.14. The van der Waals surface area contributed by atoms with Crippen molar-refractivity contribution in [1.82, 2.24) is 0 Å². The van der Waals surface area contributed by atoms with Gasteiger partial charge in [0.25, 0.3) is 0 Å². The van der Waals surface area contributed by atoms with Crippen LogP contribution in [0, 0.1) is 0 Å². The molecule has 0 fully saturated rings. The molecule has 0 heterocycles. The van der Waals surface area contributed by atoms with Crippen molar-refractivity contribution in [3.05, 3.63) is 42.0 Å². The Bertz CT molecular complexity index is 590. The van der Waals surface area contributed by atoms with Crippen molar-refractivity contribution in [3.63, 3.8) is 0 Å². The zero-order valence-corrected chi connectivity index (χ0v) is 11.8. The summed E-state index contributed by atoms with van der Waals surface area (Å²) in [4.78, 5) is 11.3. The number of unbranched alkanes of at least 4 members (excludes halogenated alkanes) is 3. The van der Waals surface area contributed by atoms with Crippen LogP contribution in [0.25, 0.3) is 10.8 Å². The highest BCUT2D eigenvalue weighted by Crippen LogP contribution is 2.30. The van der Waals surface area contributed by atoms with Crippen LogP contribution in [0.5, 0.6) is 5.75 Å². The Morgan fingerprint density at radius 3 is 2.65 bits per heavy atom. The van der Waals surface area contributed by atoms with Crippen LogP contribution in [0.2, 0.25) is 0 Å². The zero-order chi connectivity index (χ0) is 14.4. The van der Waals surface area contributed by atoms with E-state index in [1.54, 1.807) is 6.07 Å². The van der Waals surface area contributed by atoms with E-state index in [1.165, 1.54) is 12.8 Å². The van der Waals surface area contributed by atoms with Gasteiger partial charge in [-0.3, -0.25) is 0 Å². The summed E-state index contributed by atoms with van der Waals surface area (Å²) in [5.74, 6) is -0.452. The molecule has 0 unspecified atom stereocenters. The van der Waals surface area contributed by atoms with E-state index >= 15 is 0 Å². The summed E-state index contributed by atoms with van der Waals surface area (Å²) in [5, 5.41) is 11.2. The van der Waals surface area contributed by atoms with Crippen LogP contribution in [-0.2, 0) is 0 Å². The van der Waals surface area contributed by atoms with Gasteiger partial charge in [0.05, 0.1) is 6.61 Å². The molecule has 0 aliphatic heterocycles. The maximum atomic E-state index is 11.3. The van der Waals surface area contributed by atoms with Crippen LogP contribution in [-0.4, -0.2) is 17.7 Å². The van der Waals surface area contributed by atoms with Gasteiger partial charge >= 0.3 is 5.97 Å². The molecule has 0 saturated carbocycles. The van der Waals surface area contributed by atoms with Gasteiger partial charge in [0, 0.05) is 5.39 Å². The van der Waals surface area contributed by atoms with Crippen LogP contribution in [0.4, 0.5) is 0 Å². The predicted octanol–water partition coefficient (Wildman–Crippen LogP) is 4.50. The van der Waals surface area contributed by atoms with Crippen molar-refractivity contribution in [2.24, 2.45) is 0 Å². The minimum Gasteiger partial charge on any atom is -0.492 e. The number of carbonyl (C=O) groups is 1. The first-order valence-electron chi connectivity index (χ1n) is 7.12. The quantitative estimate of drug-likeness (QED) is 0.755. The Kier molecular flexibility index (Phi) is 4.99. The van der Waals surface area contributed by atoms with Crippen molar-refractivity contribution in [3.8, 4) is 5.75 Å². The third kappa shape index (κ3) is 3.29. The number of carboxylic acid groups (broad SMARTS) is 1. The lowest BCUT2D eigenvalue weighted by atomic mass is 10.1. The molecule has 20 heavy (non-hydrogen) atoms. The number of aromatic carboxylic acids is 1. The molecule has 0 radical (unpaired) electrons. The monoisotopic (exact) mass is 272 g/mol. The van der Waals surface area contributed by atoms with Crippen LogP contribution in [0.1, 0.15) is 43.0 Å². The van der Waals surface area contributed by atoms with E-state index < -0.39 is 5.97 Å². The lowest BCUT2D eigenvalue weighted by Gasteiger charge is -2.12. The van der Waals surface area contributed by atoms with Crippen molar-refractivity contribution < 1.29 is 14.6 Å². The Morgan fingerprint density at radius 1 is 1.10 bits per heavy atom. The third-order valence-electron chi connectivity index (χ3n) is 3.35. The van der Waals surface area contributed by atoms with E-state index in [0.29, 0.717) is 12.4 Å². The number of ether oxygens (including phenoxy) is 1. The Morgan fingerprint density at radius 2 is 1.90 bits per heavy atom. The van der Waals surface area contributed by atoms with Crippen LogP contribution in [0.3, 0.4) is 0 Å². The number of benzene rings is 2. The van der Waals surface area contributed by atoms with Crippen LogP contribution in [0.15, 0.2) is 36.4 Å². The summed E-state index contributed by atoms with van der Waals surface area (Å²) in [5.41, 5.74) is 0.235. The second-order valence-corrected chi connectivity index (χ2v) is 4.88. The molecule has 0 atom stereocenters. The van der Waals surface area contributed by atoms with Crippen molar-refractivity contribution in [1.29, 1.82) is 0 Å². The molecule has 0 aromatic heterocycles. The average molecular weight is 272 g/mol. The molecule has 2 rings (SSSR count). The molecule has 1 N–H and O–H groups in total. The zero-order valence-electron chi connectivity index (χ0n) is 11.8. The van der Waals surface area contributed by atoms with Gasteiger partial charge in [0.2, 0.25) is 0 Å². The first kappa shape index (κ1) is 14.4. The lowest BCUT2D eigenvalue weighted by Crippen LogP contribution is -2.05. The van der Waals surface area contributed by atoms with Crippen LogP contribution >= 0.6 is 0 Å². The minimum atomic E-state index is -0.945. The second kappa shape index (κ2) is 6.94. The van der Waals surface area contributed by atoms with Crippen LogP contribution < -0.4 is 4.74 Å². The smallest absolute Gasteiger partial charge is 0.339 e. The molecule has 0 amide bonds. The summed E-state index contributed by atoms with van der Waals surface area (Å²) in [7, 11) is 0. The Hall–Kier alpha value is -2.03. The molecule has 0 aliphatic rings. The van der Waals surface area contributed by atoms with Gasteiger partial charge in [-0.05, 0) is 17.9 Å². The standard InChI is InChI=1S/C17H20O3/c1-2-3-4-7-12-20-16-14-9-6-5-8-13(14)10-11-15(16)17(18)19/h5-6,8-11H,2-4,7,12H2,1H3,(H,18,19). The van der Waals surface area contributed by atoms with E-state index in [-0.39, 0.29) is 5.56 Å². The average Bonchev–Trinajstić information content (AvgIpc) is 2.46. The fourth-order valence-electron chi connectivity index (χ4n) is 2.27. The van der Waals surface area contributed by atoms with Gasteiger partial charge in [-0.2, -0.15) is 0 Å². The number of fused-ring (bicyclic) bond motifs is 1. The molecular weight excluding hydrogens is 252 g/mol. The molecule has 106 valence electrons. The fraction of sp³-hybridized carbons (Fsp3) is 0.353. The van der Waals surface area contributed by atoms with E-state index in [9.17, 15) is 9.90 Å². The van der Waals surface area contributed by atoms with Crippen molar-refractivity contribution >= 4 is 16.7 Å². The highest BCUT2D eigenvalue weighted by molar-refractivity contribution is 6.00. The molecule has 0 bridgehead atoms. The van der Waals surface area contributed by atoms with Crippen molar-refractivity contribution in [2.45, 2.75) is 32.6 Å². The Labute approximate surface area is 119 Å². The van der Waals surface area contributed by atoms with Gasteiger partial charge in [0.15, 0.2) is 0 Å². The van der Waals surface area contributed by atoms with Gasteiger partial charge < -0.3 is 9.84 Å². The Balaban J connectivity index is 2.23. The molecule has 0 spiro atoms. The number of rotatable bonds is 7. The van der Waals surface area contributed by atoms with E-state index in [2.05, 4.69) is 6.92 Å². The summed E-state index contributed by atoms with van der Waals surface area (Å²) in [6.07, 6.45) is 4.43. The lowest BCUT2D eigenvalue weighted by molar-refractivity contribution is 0.0692. The van der Waals surface area contributed by atoms with Crippen molar-refractivity contribution in [2.75, 3.05) is 6.61 Å². The molecule has 2 aromatic carbocycles. The largest absolute Gasteiger partial charge is 0.492 e. The predicted molar refractivity (Wildman–Crippen MR) is 80.5 cm³/mol. The first-order chi connectivity index (χ1) is 9.74. The fourth-order valence-corrected chi connectivity index (χ4v) is 2.27. The van der Waals surface area contributed by atoms with Gasteiger partial charge in [0.1, 0.15) is 11.3 Å². The highest BCUT2D eigenvalue weighted by atomic mass is 16.5. The number of hydrogen-bond acceptors (Lipinski definition) is 2. The van der Waals surface area contributed by atoms with Gasteiger partial charge in [-0.25, -0.2) is 4.79 Å². The molecule has 2 aromatic rings. The first-order valence-corrected chi connectivity index (χ1v) is 7.12. The number of carboxylic acids is 1. The van der Waals surface area contributed by atoms with E-state index in [0.717, 1.165) is 23.6 Å². The van der Waals surface area contributed by atoms with Gasteiger partial charge in [-0.1, -0.05) is 56.5 Å². The minimum absolute atomic E-state index is 0.235. The topological polar surface area (TPSA) is 46.5 Å². The molecule has 3 heteroatoms. The van der Waals surface area contributed by atoms with Gasteiger partial charge in [-0.15, -0.1) is 0 Å². The van der Waals surface area contributed by atoms with E-state index in [4.69, 9.17) is 4.74 Å². The maximum absolute atomic E-state index is 11.3. The molecule has 0 saturated heterocycles. The summed E-state index contributed by atoms with van der Waals surface area (Å²) in [6.45, 7) is 2.72. The van der Waals surface area contributed by atoms with E-state index in [1.807, 2.05) is 30.3 Å². The second-order valence-electron chi connectivity index (χ2n) is 4.88.